The SMILES string of the molecule is CC1CC(C(F)(F)F)n2nc(-c3cccnc3)cc2N1. The van der Waals surface area contributed by atoms with E-state index in [1.807, 2.05) is 0 Å². The Morgan fingerprint density at radius 1 is 1.40 bits per heavy atom. The van der Waals surface area contributed by atoms with Gasteiger partial charge in [0, 0.05) is 30.1 Å². The Morgan fingerprint density at radius 2 is 2.20 bits per heavy atom. The van der Waals surface area contributed by atoms with Gasteiger partial charge in [-0.15, -0.1) is 0 Å². The highest BCUT2D eigenvalue weighted by atomic mass is 19.4. The summed E-state index contributed by atoms with van der Waals surface area (Å²) >= 11 is 0. The Balaban J connectivity index is 2.05. The molecule has 0 saturated heterocycles. The minimum Gasteiger partial charge on any atom is -0.368 e. The van der Waals surface area contributed by atoms with Gasteiger partial charge in [-0.3, -0.25) is 4.98 Å². The van der Waals surface area contributed by atoms with Gasteiger partial charge in [-0.1, -0.05) is 0 Å². The summed E-state index contributed by atoms with van der Waals surface area (Å²) in [5.41, 5.74) is 1.19. The highest BCUT2D eigenvalue weighted by Crippen LogP contribution is 2.40. The van der Waals surface area contributed by atoms with Crippen LogP contribution in [0.25, 0.3) is 11.3 Å². The van der Waals surface area contributed by atoms with E-state index in [-0.39, 0.29) is 12.5 Å². The van der Waals surface area contributed by atoms with Crippen LogP contribution in [0.15, 0.2) is 30.6 Å². The fraction of sp³-hybridized carbons (Fsp3) is 0.385. The molecule has 0 spiro atoms. The molecule has 3 heterocycles. The Bertz CT molecular complexity index is 606. The van der Waals surface area contributed by atoms with Crippen molar-refractivity contribution in [1.82, 2.24) is 14.8 Å². The minimum atomic E-state index is -4.30. The molecule has 106 valence electrons. The molecule has 20 heavy (non-hydrogen) atoms. The topological polar surface area (TPSA) is 42.7 Å². The second-order valence-electron chi connectivity index (χ2n) is 4.94. The molecule has 3 rings (SSSR count). The summed E-state index contributed by atoms with van der Waals surface area (Å²) in [6.07, 6.45) is -1.13. The van der Waals surface area contributed by atoms with Crippen molar-refractivity contribution in [3.05, 3.63) is 30.6 Å². The van der Waals surface area contributed by atoms with Crippen LogP contribution in [0.2, 0.25) is 0 Å². The number of alkyl halides is 3. The molecule has 0 amide bonds. The maximum absolute atomic E-state index is 13.1. The normalized spacial score (nSPS) is 22.2. The molecule has 0 aromatic carbocycles. The third kappa shape index (κ3) is 2.23. The molecule has 0 bridgehead atoms. The summed E-state index contributed by atoms with van der Waals surface area (Å²) < 4.78 is 40.3. The lowest BCUT2D eigenvalue weighted by molar-refractivity contribution is -0.173. The van der Waals surface area contributed by atoms with Crippen LogP contribution in [-0.2, 0) is 0 Å². The number of halogens is 3. The van der Waals surface area contributed by atoms with Gasteiger partial charge in [0.2, 0.25) is 0 Å². The van der Waals surface area contributed by atoms with Gasteiger partial charge in [-0.25, -0.2) is 4.68 Å². The third-order valence-electron chi connectivity index (χ3n) is 3.34. The summed E-state index contributed by atoms with van der Waals surface area (Å²) in [4.78, 5) is 3.96. The summed E-state index contributed by atoms with van der Waals surface area (Å²) in [7, 11) is 0. The van der Waals surface area contributed by atoms with Crippen LogP contribution in [0.5, 0.6) is 0 Å². The first-order valence-corrected chi connectivity index (χ1v) is 6.28. The van der Waals surface area contributed by atoms with Gasteiger partial charge in [0.15, 0.2) is 6.04 Å². The van der Waals surface area contributed by atoms with Crippen LogP contribution in [0.4, 0.5) is 19.0 Å². The Kier molecular flexibility index (Phi) is 2.92. The molecule has 0 radical (unpaired) electrons. The number of rotatable bonds is 1. The first-order chi connectivity index (χ1) is 9.45. The van der Waals surface area contributed by atoms with Crippen LogP contribution >= 0.6 is 0 Å². The molecule has 0 aliphatic carbocycles. The molecule has 2 aromatic rings. The van der Waals surface area contributed by atoms with E-state index in [2.05, 4.69) is 15.4 Å². The van der Waals surface area contributed by atoms with Gasteiger partial charge >= 0.3 is 6.18 Å². The van der Waals surface area contributed by atoms with Crippen LogP contribution in [0.1, 0.15) is 19.4 Å². The summed E-state index contributed by atoms with van der Waals surface area (Å²) in [5, 5.41) is 7.13. The summed E-state index contributed by atoms with van der Waals surface area (Å²) in [5.74, 6) is 0.393. The fourth-order valence-electron chi connectivity index (χ4n) is 2.41. The van der Waals surface area contributed by atoms with E-state index < -0.39 is 12.2 Å². The molecular formula is C13H13F3N4. The van der Waals surface area contributed by atoms with Crippen LogP contribution in [0, 0.1) is 0 Å². The zero-order valence-corrected chi connectivity index (χ0v) is 10.7. The van der Waals surface area contributed by atoms with E-state index in [9.17, 15) is 13.2 Å². The third-order valence-corrected chi connectivity index (χ3v) is 3.34. The van der Waals surface area contributed by atoms with Crippen molar-refractivity contribution in [1.29, 1.82) is 0 Å². The molecular weight excluding hydrogens is 269 g/mol. The second kappa shape index (κ2) is 4.50. The van der Waals surface area contributed by atoms with Gasteiger partial charge in [0.25, 0.3) is 0 Å². The highest BCUT2D eigenvalue weighted by Gasteiger charge is 2.45. The lowest BCUT2D eigenvalue weighted by Gasteiger charge is -2.31. The smallest absolute Gasteiger partial charge is 0.368 e. The highest BCUT2D eigenvalue weighted by molar-refractivity contribution is 5.62. The molecule has 2 aromatic heterocycles. The average molecular weight is 282 g/mol. The first-order valence-electron chi connectivity index (χ1n) is 6.28. The van der Waals surface area contributed by atoms with Crippen molar-refractivity contribution >= 4 is 5.82 Å². The Labute approximate surface area is 113 Å². The molecule has 2 atom stereocenters. The Hall–Kier alpha value is -2.05. The van der Waals surface area contributed by atoms with Gasteiger partial charge in [-0.2, -0.15) is 18.3 Å². The van der Waals surface area contributed by atoms with E-state index in [1.165, 1.54) is 0 Å². The molecule has 0 fully saturated rings. The van der Waals surface area contributed by atoms with Gasteiger partial charge in [0.1, 0.15) is 5.82 Å². The quantitative estimate of drug-likeness (QED) is 0.873. The minimum absolute atomic E-state index is 0.0232. The lowest BCUT2D eigenvalue weighted by Crippen LogP contribution is -2.37. The van der Waals surface area contributed by atoms with Crippen LogP contribution in [0.3, 0.4) is 0 Å². The van der Waals surface area contributed by atoms with Crippen molar-refractivity contribution in [2.45, 2.75) is 31.6 Å². The number of anilines is 1. The van der Waals surface area contributed by atoms with Crippen molar-refractivity contribution in [2.24, 2.45) is 0 Å². The molecule has 4 nitrogen and oxygen atoms in total. The molecule has 2 unspecified atom stereocenters. The largest absolute Gasteiger partial charge is 0.410 e. The Morgan fingerprint density at radius 3 is 2.85 bits per heavy atom. The number of hydrogen-bond donors (Lipinski definition) is 1. The zero-order valence-electron chi connectivity index (χ0n) is 10.7. The van der Waals surface area contributed by atoms with E-state index in [1.54, 1.807) is 37.5 Å². The number of pyridine rings is 1. The molecule has 1 aliphatic heterocycles. The predicted octanol–water partition coefficient (Wildman–Crippen LogP) is 3.25. The second-order valence-corrected chi connectivity index (χ2v) is 4.94. The molecule has 1 N–H and O–H groups in total. The van der Waals surface area contributed by atoms with Crippen molar-refractivity contribution < 1.29 is 13.2 Å². The van der Waals surface area contributed by atoms with Crippen molar-refractivity contribution in [2.75, 3.05) is 5.32 Å². The van der Waals surface area contributed by atoms with Crippen molar-refractivity contribution in [3.8, 4) is 11.3 Å². The van der Waals surface area contributed by atoms with Gasteiger partial charge < -0.3 is 5.32 Å². The summed E-state index contributed by atoms with van der Waals surface area (Å²) in [6, 6.07) is 3.30. The van der Waals surface area contributed by atoms with E-state index in [0.717, 1.165) is 4.68 Å². The number of fused-ring (bicyclic) bond motifs is 1. The van der Waals surface area contributed by atoms with Crippen LogP contribution in [-0.4, -0.2) is 27.0 Å². The number of hydrogen-bond acceptors (Lipinski definition) is 3. The molecule has 7 heteroatoms. The molecule has 1 aliphatic rings. The van der Waals surface area contributed by atoms with Gasteiger partial charge in [0.05, 0.1) is 5.69 Å². The number of nitrogens with zero attached hydrogens (tertiary/aromatic N) is 3. The summed E-state index contributed by atoms with van der Waals surface area (Å²) in [6.45, 7) is 1.74. The van der Waals surface area contributed by atoms with Gasteiger partial charge in [-0.05, 0) is 25.5 Å². The average Bonchev–Trinajstić information content (AvgIpc) is 2.81. The number of aromatic nitrogens is 3. The lowest BCUT2D eigenvalue weighted by atomic mass is 10.1. The van der Waals surface area contributed by atoms with Crippen molar-refractivity contribution in [3.63, 3.8) is 0 Å². The number of nitrogens with one attached hydrogen (secondary N) is 1. The first kappa shape index (κ1) is 13.0. The van der Waals surface area contributed by atoms with E-state index in [0.29, 0.717) is 17.1 Å². The van der Waals surface area contributed by atoms with E-state index >= 15 is 0 Å². The van der Waals surface area contributed by atoms with E-state index in [4.69, 9.17) is 0 Å². The molecule has 0 saturated carbocycles. The predicted molar refractivity (Wildman–Crippen MR) is 68.3 cm³/mol. The maximum Gasteiger partial charge on any atom is 0.410 e. The fourth-order valence-corrected chi connectivity index (χ4v) is 2.41. The standard InChI is InChI=1S/C13H13F3N4/c1-8-5-11(13(14,15)16)20-12(18-8)6-10(19-20)9-3-2-4-17-7-9/h2-4,6-8,11,18H,5H2,1H3. The zero-order chi connectivity index (χ0) is 14.3. The van der Waals surface area contributed by atoms with Crippen LogP contribution < -0.4 is 5.32 Å². The monoisotopic (exact) mass is 282 g/mol. The maximum atomic E-state index is 13.1.